The van der Waals surface area contributed by atoms with Gasteiger partial charge in [0.25, 0.3) is 0 Å². The van der Waals surface area contributed by atoms with E-state index in [1.807, 2.05) is 31.5 Å². The van der Waals surface area contributed by atoms with Gasteiger partial charge in [-0.3, -0.25) is 0 Å². The number of aryl methyl sites for hydroxylation is 2. The van der Waals surface area contributed by atoms with Crippen LogP contribution in [0.1, 0.15) is 16.0 Å². The summed E-state index contributed by atoms with van der Waals surface area (Å²) in [7, 11) is 4.03. The number of fused-ring (bicyclic) bond motifs is 1. The average Bonchev–Trinajstić information content (AvgIpc) is 3.00. The highest BCUT2D eigenvalue weighted by Gasteiger charge is 2.08. The molecule has 0 amide bonds. The lowest BCUT2D eigenvalue weighted by Gasteiger charge is -2.06. The molecule has 0 bridgehead atoms. The van der Waals surface area contributed by atoms with E-state index in [0.717, 1.165) is 17.2 Å². The van der Waals surface area contributed by atoms with Crippen LogP contribution in [-0.2, 0) is 6.54 Å². The molecule has 3 rings (SSSR count). The average molecular weight is 286 g/mol. The Kier molecular flexibility index (Phi) is 3.22. The Morgan fingerprint density at radius 1 is 1.15 bits per heavy atom. The maximum Gasteiger partial charge on any atom is 0.185 e. The summed E-state index contributed by atoms with van der Waals surface area (Å²) < 4.78 is 2.19. The monoisotopic (exact) mass is 286 g/mol. The van der Waals surface area contributed by atoms with Crippen LogP contribution in [0.15, 0.2) is 24.7 Å². The minimum absolute atomic E-state index is 0.824. The van der Waals surface area contributed by atoms with Crippen molar-refractivity contribution in [1.82, 2.24) is 14.5 Å². The Labute approximate surface area is 122 Å². The lowest BCUT2D eigenvalue weighted by molar-refractivity contribution is 0.835. The van der Waals surface area contributed by atoms with Crippen LogP contribution in [0, 0.1) is 13.8 Å². The Bertz CT molecular complexity index is 754. The Morgan fingerprint density at radius 2 is 1.90 bits per heavy atom. The maximum absolute atomic E-state index is 4.50. The van der Waals surface area contributed by atoms with Crippen molar-refractivity contribution in [2.45, 2.75) is 20.4 Å². The van der Waals surface area contributed by atoms with Crippen molar-refractivity contribution in [3.63, 3.8) is 0 Å². The normalized spacial score (nSPS) is 11.2. The largest absolute Gasteiger partial charge is 0.354 e. The first-order chi connectivity index (χ1) is 9.54. The Morgan fingerprint density at radius 3 is 2.60 bits per heavy atom. The van der Waals surface area contributed by atoms with E-state index in [9.17, 15) is 0 Å². The smallest absolute Gasteiger partial charge is 0.185 e. The van der Waals surface area contributed by atoms with E-state index in [0.29, 0.717) is 0 Å². The highest BCUT2D eigenvalue weighted by atomic mass is 32.1. The zero-order valence-corrected chi connectivity index (χ0v) is 13.0. The SMILES string of the molecule is Cc1cc2ncn(Cc3cnc(N(C)C)s3)c2cc1C. The quantitative estimate of drug-likeness (QED) is 0.741. The molecule has 3 aromatic rings. The summed E-state index contributed by atoms with van der Waals surface area (Å²) >= 11 is 1.72. The van der Waals surface area contributed by atoms with Gasteiger partial charge in [0.05, 0.1) is 23.9 Å². The summed E-state index contributed by atoms with van der Waals surface area (Å²) in [5.41, 5.74) is 4.84. The number of thiazole rings is 1. The molecule has 0 aliphatic carbocycles. The van der Waals surface area contributed by atoms with Gasteiger partial charge in [-0.25, -0.2) is 9.97 Å². The molecule has 0 N–H and O–H groups in total. The Balaban J connectivity index is 1.96. The molecule has 4 nitrogen and oxygen atoms in total. The molecule has 0 radical (unpaired) electrons. The van der Waals surface area contributed by atoms with Crippen molar-refractivity contribution in [3.8, 4) is 0 Å². The van der Waals surface area contributed by atoms with Crippen LogP contribution >= 0.6 is 11.3 Å². The highest BCUT2D eigenvalue weighted by Crippen LogP contribution is 2.24. The summed E-state index contributed by atoms with van der Waals surface area (Å²) in [5.74, 6) is 0. The van der Waals surface area contributed by atoms with Gasteiger partial charge in [0, 0.05) is 25.2 Å². The van der Waals surface area contributed by atoms with Crippen LogP contribution in [0.5, 0.6) is 0 Å². The zero-order chi connectivity index (χ0) is 14.3. The zero-order valence-electron chi connectivity index (χ0n) is 12.2. The molecular weight excluding hydrogens is 268 g/mol. The first kappa shape index (κ1) is 13.1. The third-order valence-corrected chi connectivity index (χ3v) is 4.64. The molecule has 5 heteroatoms. The van der Waals surface area contributed by atoms with E-state index in [4.69, 9.17) is 0 Å². The second kappa shape index (κ2) is 4.90. The number of imidazole rings is 1. The number of aromatic nitrogens is 3. The molecule has 0 aliphatic rings. The predicted molar refractivity (Wildman–Crippen MR) is 84.8 cm³/mol. The van der Waals surface area contributed by atoms with Crippen LogP contribution in [0.2, 0.25) is 0 Å². The van der Waals surface area contributed by atoms with Crippen LogP contribution in [0.4, 0.5) is 5.13 Å². The second-order valence-corrected chi connectivity index (χ2v) is 6.39. The minimum Gasteiger partial charge on any atom is -0.354 e. The summed E-state index contributed by atoms with van der Waals surface area (Å²) in [4.78, 5) is 12.2. The van der Waals surface area contributed by atoms with Crippen LogP contribution in [-0.4, -0.2) is 28.6 Å². The standard InChI is InChI=1S/C15H18N4S/c1-10-5-13-14(6-11(10)2)19(9-17-13)8-12-7-16-15(20-12)18(3)4/h5-7,9H,8H2,1-4H3. The van der Waals surface area contributed by atoms with Gasteiger partial charge in [0.1, 0.15) is 0 Å². The van der Waals surface area contributed by atoms with Crippen molar-refractivity contribution >= 4 is 27.5 Å². The van der Waals surface area contributed by atoms with Gasteiger partial charge < -0.3 is 9.47 Å². The second-order valence-electron chi connectivity index (χ2n) is 5.30. The molecule has 0 saturated heterocycles. The number of nitrogens with zero attached hydrogens (tertiary/aromatic N) is 4. The number of benzene rings is 1. The van der Waals surface area contributed by atoms with E-state index in [2.05, 4.69) is 40.5 Å². The van der Waals surface area contributed by atoms with Crippen molar-refractivity contribution in [1.29, 1.82) is 0 Å². The molecular formula is C15H18N4S. The number of rotatable bonds is 3. The maximum atomic E-state index is 4.50. The van der Waals surface area contributed by atoms with Crippen molar-refractivity contribution in [3.05, 3.63) is 40.7 Å². The molecule has 0 saturated carbocycles. The third kappa shape index (κ3) is 2.29. The molecule has 2 heterocycles. The minimum atomic E-state index is 0.824. The van der Waals surface area contributed by atoms with Crippen molar-refractivity contribution in [2.24, 2.45) is 0 Å². The molecule has 2 aromatic heterocycles. The van der Waals surface area contributed by atoms with Gasteiger partial charge in [0.15, 0.2) is 5.13 Å². The van der Waals surface area contributed by atoms with Crippen LogP contribution in [0.25, 0.3) is 11.0 Å². The fourth-order valence-corrected chi connectivity index (χ4v) is 3.02. The van der Waals surface area contributed by atoms with Gasteiger partial charge in [-0.1, -0.05) is 0 Å². The molecule has 20 heavy (non-hydrogen) atoms. The number of hydrogen-bond donors (Lipinski definition) is 0. The topological polar surface area (TPSA) is 34.0 Å². The van der Waals surface area contributed by atoms with E-state index in [1.165, 1.54) is 21.5 Å². The molecule has 1 aromatic carbocycles. The fraction of sp³-hybridized carbons (Fsp3) is 0.333. The molecule has 0 unspecified atom stereocenters. The van der Waals surface area contributed by atoms with Gasteiger partial charge in [-0.15, -0.1) is 11.3 Å². The van der Waals surface area contributed by atoms with Crippen molar-refractivity contribution in [2.75, 3.05) is 19.0 Å². The van der Waals surface area contributed by atoms with Gasteiger partial charge in [0.2, 0.25) is 0 Å². The first-order valence-electron chi connectivity index (χ1n) is 6.58. The predicted octanol–water partition coefficient (Wildman–Crippen LogP) is 3.22. The van der Waals surface area contributed by atoms with E-state index in [-0.39, 0.29) is 0 Å². The summed E-state index contributed by atoms with van der Waals surface area (Å²) in [5, 5.41) is 1.04. The van der Waals surface area contributed by atoms with Crippen LogP contribution < -0.4 is 4.90 Å². The van der Waals surface area contributed by atoms with Gasteiger partial charge in [-0.05, 0) is 37.1 Å². The molecule has 0 aliphatic heterocycles. The van der Waals surface area contributed by atoms with Gasteiger partial charge in [-0.2, -0.15) is 0 Å². The lowest BCUT2D eigenvalue weighted by Crippen LogP contribution is -2.07. The van der Waals surface area contributed by atoms with Gasteiger partial charge >= 0.3 is 0 Å². The Hall–Kier alpha value is -1.88. The number of hydrogen-bond acceptors (Lipinski definition) is 4. The van der Waals surface area contributed by atoms with E-state index >= 15 is 0 Å². The molecule has 0 atom stereocenters. The highest BCUT2D eigenvalue weighted by molar-refractivity contribution is 7.15. The number of anilines is 1. The van der Waals surface area contributed by atoms with Crippen LogP contribution in [0.3, 0.4) is 0 Å². The summed E-state index contributed by atoms with van der Waals surface area (Å²) in [6, 6.07) is 4.37. The summed E-state index contributed by atoms with van der Waals surface area (Å²) in [6.45, 7) is 5.09. The van der Waals surface area contributed by atoms with E-state index < -0.39 is 0 Å². The fourth-order valence-electron chi connectivity index (χ4n) is 2.18. The molecule has 0 fully saturated rings. The lowest BCUT2D eigenvalue weighted by atomic mass is 10.1. The first-order valence-corrected chi connectivity index (χ1v) is 7.40. The third-order valence-electron chi connectivity index (χ3n) is 3.49. The van der Waals surface area contributed by atoms with Crippen molar-refractivity contribution < 1.29 is 0 Å². The molecule has 0 spiro atoms. The molecule has 104 valence electrons. The van der Waals surface area contributed by atoms with E-state index in [1.54, 1.807) is 11.3 Å². The summed E-state index contributed by atoms with van der Waals surface area (Å²) in [6.07, 6.45) is 3.87.